The van der Waals surface area contributed by atoms with Gasteiger partial charge in [-0.15, -0.1) is 11.3 Å². The largest absolute Gasteiger partial charge is 0.494 e. The normalized spacial score (nSPS) is 11.1. The quantitative estimate of drug-likeness (QED) is 0.522. The summed E-state index contributed by atoms with van der Waals surface area (Å²) in [5.74, 6) is 0.206. The summed E-state index contributed by atoms with van der Waals surface area (Å²) in [5.41, 5.74) is 0.245. The second-order valence-corrected chi connectivity index (χ2v) is 7.79. The number of ether oxygens (including phenoxy) is 2. The van der Waals surface area contributed by atoms with E-state index in [2.05, 4.69) is 11.6 Å². The lowest BCUT2D eigenvalue weighted by molar-refractivity contribution is -0.133. The molecule has 0 aliphatic heterocycles. The van der Waals surface area contributed by atoms with Crippen LogP contribution < -0.4 is 14.2 Å². The van der Waals surface area contributed by atoms with E-state index in [0.717, 1.165) is 24.2 Å². The minimum atomic E-state index is -3.78. The van der Waals surface area contributed by atoms with Crippen molar-refractivity contribution in [3.05, 3.63) is 35.7 Å². The van der Waals surface area contributed by atoms with Crippen LogP contribution >= 0.6 is 11.3 Å². The highest BCUT2D eigenvalue weighted by Crippen LogP contribution is 2.33. The molecule has 0 atom stereocenters. The van der Waals surface area contributed by atoms with Crippen LogP contribution in [0.15, 0.2) is 40.6 Å². The predicted octanol–water partition coefficient (Wildman–Crippen LogP) is 4.04. The number of carbonyl (C=O) groups excluding carboxylic acids is 1. The van der Waals surface area contributed by atoms with E-state index >= 15 is 0 Å². The third-order valence-corrected chi connectivity index (χ3v) is 5.44. The van der Waals surface area contributed by atoms with Crippen LogP contribution in [-0.2, 0) is 14.8 Å². The van der Waals surface area contributed by atoms with Gasteiger partial charge in [0.1, 0.15) is 11.4 Å². The number of rotatable bonds is 9. The molecule has 0 saturated carbocycles. The third kappa shape index (κ3) is 5.47. The fourth-order valence-electron chi connectivity index (χ4n) is 1.88. The molecule has 6 nitrogen and oxygen atoms in total. The molecule has 2 aromatic rings. The lowest BCUT2D eigenvalue weighted by Gasteiger charge is -2.10. The van der Waals surface area contributed by atoms with E-state index in [9.17, 15) is 13.2 Å². The topological polar surface area (TPSA) is 81.7 Å². The van der Waals surface area contributed by atoms with Gasteiger partial charge in [0.05, 0.1) is 11.5 Å². The molecule has 25 heavy (non-hydrogen) atoms. The molecule has 8 heteroatoms. The number of hydrogen-bond donors (Lipinski definition) is 1. The highest BCUT2D eigenvalue weighted by Gasteiger charge is 2.18. The van der Waals surface area contributed by atoms with Crippen molar-refractivity contribution in [2.45, 2.75) is 38.0 Å². The lowest BCUT2D eigenvalue weighted by atomic mass is 10.3. The van der Waals surface area contributed by atoms with Crippen LogP contribution in [0.4, 0.5) is 5.69 Å². The molecule has 0 amide bonds. The average molecular weight is 383 g/mol. The molecule has 0 aliphatic rings. The maximum Gasteiger partial charge on any atom is 0.311 e. The molecule has 0 aliphatic carbocycles. The summed E-state index contributed by atoms with van der Waals surface area (Å²) in [5, 5.41) is 1.88. The Kier molecular flexibility index (Phi) is 6.83. The second kappa shape index (κ2) is 8.87. The Labute approximate surface area is 151 Å². The van der Waals surface area contributed by atoms with Crippen molar-refractivity contribution in [3.8, 4) is 10.8 Å². The summed E-state index contributed by atoms with van der Waals surface area (Å²) in [4.78, 5) is 11.5. The second-order valence-electron chi connectivity index (χ2n) is 5.23. The van der Waals surface area contributed by atoms with E-state index in [4.69, 9.17) is 9.47 Å². The SMILES string of the molecule is CCCCOc1ccc(S(=O)(=O)Nc2ccsc2OC(=O)CC)cc1. The number of carbonyl (C=O) groups is 1. The van der Waals surface area contributed by atoms with Crippen molar-refractivity contribution in [2.24, 2.45) is 0 Å². The van der Waals surface area contributed by atoms with E-state index < -0.39 is 16.0 Å². The zero-order valence-electron chi connectivity index (χ0n) is 14.2. The minimum absolute atomic E-state index is 0.106. The van der Waals surface area contributed by atoms with Gasteiger partial charge < -0.3 is 9.47 Å². The molecule has 1 N–H and O–H groups in total. The molecule has 136 valence electrons. The summed E-state index contributed by atoms with van der Waals surface area (Å²) < 4.78 is 38.1. The third-order valence-electron chi connectivity index (χ3n) is 3.27. The number of unbranched alkanes of at least 4 members (excludes halogenated alkanes) is 1. The van der Waals surface area contributed by atoms with Gasteiger partial charge in [-0.05, 0) is 42.1 Å². The first kappa shape index (κ1) is 19.3. The number of nitrogens with one attached hydrogen (secondary N) is 1. The number of sulfonamides is 1. The van der Waals surface area contributed by atoms with E-state index in [1.165, 1.54) is 12.1 Å². The monoisotopic (exact) mass is 383 g/mol. The lowest BCUT2D eigenvalue weighted by Crippen LogP contribution is -2.14. The Bertz CT molecular complexity index is 797. The number of hydrogen-bond acceptors (Lipinski definition) is 6. The molecule has 0 fully saturated rings. The molecule has 2 rings (SSSR count). The fourth-order valence-corrected chi connectivity index (χ4v) is 3.72. The number of anilines is 1. The number of thiophene rings is 1. The van der Waals surface area contributed by atoms with Gasteiger partial charge in [0.2, 0.25) is 5.06 Å². The van der Waals surface area contributed by atoms with Gasteiger partial charge in [0.25, 0.3) is 10.0 Å². The standard InChI is InChI=1S/C17H21NO5S2/c1-3-5-11-22-13-6-8-14(9-7-13)25(20,21)18-15-10-12-24-17(15)23-16(19)4-2/h6-10,12,18H,3-5,11H2,1-2H3. The molecule has 0 spiro atoms. The Balaban J connectivity index is 2.09. The smallest absolute Gasteiger partial charge is 0.311 e. The van der Waals surface area contributed by atoms with Gasteiger partial charge in [0, 0.05) is 6.42 Å². The number of esters is 1. The maximum atomic E-state index is 12.5. The zero-order valence-corrected chi connectivity index (χ0v) is 15.8. The van der Waals surface area contributed by atoms with Crippen LogP contribution in [0, 0.1) is 0 Å². The number of benzene rings is 1. The average Bonchev–Trinajstić information content (AvgIpc) is 3.01. The van der Waals surface area contributed by atoms with Crippen molar-refractivity contribution in [3.63, 3.8) is 0 Å². The van der Waals surface area contributed by atoms with E-state index in [1.807, 2.05) is 0 Å². The summed E-state index contributed by atoms with van der Waals surface area (Å²) in [6, 6.07) is 7.76. The highest BCUT2D eigenvalue weighted by molar-refractivity contribution is 7.92. The molecule has 0 bridgehead atoms. The van der Waals surface area contributed by atoms with Crippen LogP contribution in [0.5, 0.6) is 10.8 Å². The Hall–Kier alpha value is -2.06. The highest BCUT2D eigenvalue weighted by atomic mass is 32.2. The van der Waals surface area contributed by atoms with Crippen molar-refractivity contribution >= 4 is 33.0 Å². The summed E-state index contributed by atoms with van der Waals surface area (Å²) in [7, 11) is -3.78. The fraction of sp³-hybridized carbons (Fsp3) is 0.353. The first-order valence-corrected chi connectivity index (χ1v) is 10.4. The van der Waals surface area contributed by atoms with Crippen LogP contribution in [0.25, 0.3) is 0 Å². The van der Waals surface area contributed by atoms with Gasteiger partial charge in [-0.1, -0.05) is 20.3 Å². The summed E-state index contributed by atoms with van der Waals surface area (Å²) in [6.07, 6.45) is 2.19. The van der Waals surface area contributed by atoms with Gasteiger partial charge in [-0.2, -0.15) is 0 Å². The van der Waals surface area contributed by atoms with E-state index in [-0.39, 0.29) is 22.1 Å². The van der Waals surface area contributed by atoms with Crippen molar-refractivity contribution < 1.29 is 22.7 Å². The molecule has 0 radical (unpaired) electrons. The van der Waals surface area contributed by atoms with Gasteiger partial charge in [-0.25, -0.2) is 8.42 Å². The van der Waals surface area contributed by atoms with Crippen molar-refractivity contribution in [1.82, 2.24) is 0 Å². The molecule has 1 aromatic carbocycles. The molecule has 1 heterocycles. The predicted molar refractivity (Wildman–Crippen MR) is 97.9 cm³/mol. The van der Waals surface area contributed by atoms with Crippen LogP contribution in [0.3, 0.4) is 0 Å². The Morgan fingerprint density at radius 2 is 1.88 bits per heavy atom. The van der Waals surface area contributed by atoms with Gasteiger partial charge in [-0.3, -0.25) is 9.52 Å². The van der Waals surface area contributed by atoms with E-state index in [1.54, 1.807) is 30.5 Å². The Morgan fingerprint density at radius 3 is 2.52 bits per heavy atom. The van der Waals surface area contributed by atoms with Crippen LogP contribution in [0.2, 0.25) is 0 Å². The first-order valence-electron chi connectivity index (χ1n) is 8.00. The Morgan fingerprint density at radius 1 is 1.16 bits per heavy atom. The zero-order chi connectivity index (χ0) is 18.3. The van der Waals surface area contributed by atoms with Gasteiger partial charge >= 0.3 is 5.97 Å². The molecular weight excluding hydrogens is 362 g/mol. The minimum Gasteiger partial charge on any atom is -0.494 e. The maximum absolute atomic E-state index is 12.5. The van der Waals surface area contributed by atoms with Gasteiger partial charge in [0.15, 0.2) is 0 Å². The summed E-state index contributed by atoms with van der Waals surface area (Å²) in [6.45, 7) is 4.34. The molecule has 0 saturated heterocycles. The first-order chi connectivity index (χ1) is 12.0. The van der Waals surface area contributed by atoms with Crippen LogP contribution in [-0.4, -0.2) is 21.0 Å². The van der Waals surface area contributed by atoms with E-state index in [0.29, 0.717) is 12.4 Å². The van der Waals surface area contributed by atoms with Crippen molar-refractivity contribution in [2.75, 3.05) is 11.3 Å². The van der Waals surface area contributed by atoms with Crippen LogP contribution in [0.1, 0.15) is 33.1 Å². The molecular formula is C17H21NO5S2. The molecule has 1 aromatic heterocycles. The molecule has 0 unspecified atom stereocenters. The van der Waals surface area contributed by atoms with Crippen molar-refractivity contribution in [1.29, 1.82) is 0 Å². The summed E-state index contributed by atoms with van der Waals surface area (Å²) >= 11 is 1.15.